The maximum Gasteiger partial charge on any atom is 0.282 e. The highest BCUT2D eigenvalue weighted by Crippen LogP contribution is 2.25. The Morgan fingerprint density at radius 3 is 2.39 bits per heavy atom. The average molecular weight is 373 g/mol. The lowest BCUT2D eigenvalue weighted by Gasteiger charge is -2.17. The number of anilines is 1. The Balaban J connectivity index is 1.99. The zero-order chi connectivity index (χ0) is 17.0. The highest BCUT2D eigenvalue weighted by molar-refractivity contribution is 6.36. The molecular weight excluding hydrogens is 355 g/mol. The minimum Gasteiger partial charge on any atom is -0.330 e. The van der Waals surface area contributed by atoms with E-state index in [0.29, 0.717) is 20.8 Å². The Morgan fingerprint density at radius 2 is 1.74 bits per heavy atom. The lowest BCUT2D eigenvalue weighted by molar-refractivity contribution is -0.709. The predicted octanol–water partition coefficient (Wildman–Crippen LogP) is 4.30. The Kier molecular flexibility index (Phi) is 6.31. The highest BCUT2D eigenvalue weighted by atomic mass is 35.5. The number of nitrogens with one attached hydrogen (secondary N) is 1. The topological polar surface area (TPSA) is 45.7 Å². The number of hydrogen-bond acceptors (Lipinski definition) is 1. The van der Waals surface area contributed by atoms with Crippen LogP contribution in [0.3, 0.4) is 0 Å². The standard InChI is InChI=1S/C17H17Cl3N2O/c1-10(12-4-3-5-13(18)8-12)21-11(2)17(23)22-16-7-6-14(19)9-15(16)20/h3-11,21H,1-2H3,(H,22,23)/p+1/t10-,11+/m1/s1. The van der Waals surface area contributed by atoms with E-state index in [-0.39, 0.29) is 18.0 Å². The number of quaternary nitrogens is 1. The lowest BCUT2D eigenvalue weighted by atomic mass is 10.1. The van der Waals surface area contributed by atoms with Crippen LogP contribution < -0.4 is 10.6 Å². The van der Waals surface area contributed by atoms with Gasteiger partial charge in [-0.15, -0.1) is 0 Å². The summed E-state index contributed by atoms with van der Waals surface area (Å²) in [5.41, 5.74) is 1.62. The van der Waals surface area contributed by atoms with Gasteiger partial charge >= 0.3 is 0 Å². The number of benzene rings is 2. The number of carbonyl (C=O) groups excluding carboxylic acids is 1. The van der Waals surface area contributed by atoms with E-state index in [2.05, 4.69) is 5.32 Å². The summed E-state index contributed by atoms with van der Waals surface area (Å²) >= 11 is 17.9. The number of halogens is 3. The van der Waals surface area contributed by atoms with Crippen molar-refractivity contribution < 1.29 is 10.1 Å². The first-order valence-electron chi connectivity index (χ1n) is 7.23. The molecule has 0 aliphatic heterocycles. The molecule has 2 rings (SSSR count). The monoisotopic (exact) mass is 371 g/mol. The Bertz CT molecular complexity index is 706. The quantitative estimate of drug-likeness (QED) is 0.807. The molecule has 0 radical (unpaired) electrons. The van der Waals surface area contributed by atoms with Crippen LogP contribution in [0.25, 0.3) is 0 Å². The minimum absolute atomic E-state index is 0.107. The van der Waals surface area contributed by atoms with Crippen molar-refractivity contribution in [2.45, 2.75) is 25.9 Å². The van der Waals surface area contributed by atoms with E-state index in [9.17, 15) is 4.79 Å². The van der Waals surface area contributed by atoms with Crippen LogP contribution in [0.5, 0.6) is 0 Å². The molecule has 3 N–H and O–H groups in total. The zero-order valence-electron chi connectivity index (χ0n) is 12.8. The van der Waals surface area contributed by atoms with Gasteiger partial charge in [-0.2, -0.15) is 0 Å². The fraction of sp³-hybridized carbons (Fsp3) is 0.235. The number of hydrogen-bond donors (Lipinski definition) is 2. The van der Waals surface area contributed by atoms with Crippen LogP contribution in [0.15, 0.2) is 42.5 Å². The van der Waals surface area contributed by atoms with E-state index in [1.165, 1.54) is 0 Å². The molecule has 0 heterocycles. The van der Waals surface area contributed by atoms with E-state index >= 15 is 0 Å². The third-order valence-corrected chi connectivity index (χ3v) is 4.34. The zero-order valence-corrected chi connectivity index (χ0v) is 15.1. The smallest absolute Gasteiger partial charge is 0.282 e. The van der Waals surface area contributed by atoms with Crippen LogP contribution in [0, 0.1) is 0 Å². The first kappa shape index (κ1) is 18.1. The van der Waals surface area contributed by atoms with Crippen LogP contribution in [0.4, 0.5) is 5.69 Å². The number of rotatable bonds is 5. The van der Waals surface area contributed by atoms with Crippen molar-refractivity contribution in [3.63, 3.8) is 0 Å². The van der Waals surface area contributed by atoms with E-state index in [1.54, 1.807) is 18.2 Å². The van der Waals surface area contributed by atoms with Crippen molar-refractivity contribution in [2.75, 3.05) is 5.32 Å². The fourth-order valence-corrected chi connectivity index (χ4v) is 2.91. The summed E-state index contributed by atoms with van der Waals surface area (Å²) in [6.07, 6.45) is 0. The summed E-state index contributed by atoms with van der Waals surface area (Å²) in [6.45, 7) is 3.88. The van der Waals surface area contributed by atoms with Gasteiger partial charge in [-0.3, -0.25) is 4.79 Å². The molecule has 2 atom stereocenters. The van der Waals surface area contributed by atoms with E-state index in [1.807, 2.05) is 43.4 Å². The first-order valence-corrected chi connectivity index (χ1v) is 8.36. The molecule has 0 saturated carbocycles. The summed E-state index contributed by atoms with van der Waals surface area (Å²) in [7, 11) is 0. The average Bonchev–Trinajstić information content (AvgIpc) is 2.49. The van der Waals surface area contributed by atoms with Gasteiger partial charge in [0.15, 0.2) is 6.04 Å². The Labute approximate surface area is 150 Å². The molecule has 0 bridgehead atoms. The van der Waals surface area contributed by atoms with Crippen molar-refractivity contribution in [1.29, 1.82) is 0 Å². The molecule has 122 valence electrons. The number of nitrogens with two attached hydrogens (primary N) is 1. The third-order valence-electron chi connectivity index (χ3n) is 3.55. The van der Waals surface area contributed by atoms with Crippen molar-refractivity contribution in [3.05, 3.63) is 63.1 Å². The van der Waals surface area contributed by atoms with Gasteiger partial charge in [-0.25, -0.2) is 0 Å². The lowest BCUT2D eigenvalue weighted by Crippen LogP contribution is -2.91. The molecule has 6 heteroatoms. The van der Waals surface area contributed by atoms with Gasteiger partial charge in [0, 0.05) is 15.6 Å². The molecule has 3 nitrogen and oxygen atoms in total. The van der Waals surface area contributed by atoms with Gasteiger partial charge < -0.3 is 10.6 Å². The van der Waals surface area contributed by atoms with Crippen molar-refractivity contribution in [3.8, 4) is 0 Å². The van der Waals surface area contributed by atoms with Crippen LogP contribution in [-0.2, 0) is 4.79 Å². The molecule has 1 amide bonds. The summed E-state index contributed by atoms with van der Waals surface area (Å²) in [4.78, 5) is 12.3. The van der Waals surface area contributed by atoms with Gasteiger partial charge in [0.2, 0.25) is 0 Å². The number of carbonyl (C=O) groups is 1. The first-order chi connectivity index (χ1) is 10.9. The Morgan fingerprint density at radius 1 is 1.04 bits per heavy atom. The summed E-state index contributed by atoms with van der Waals surface area (Å²) < 4.78 is 0. The van der Waals surface area contributed by atoms with Gasteiger partial charge in [-0.05, 0) is 44.2 Å². The summed E-state index contributed by atoms with van der Waals surface area (Å²) in [5.74, 6) is -0.122. The van der Waals surface area contributed by atoms with Crippen LogP contribution in [0.2, 0.25) is 15.1 Å². The van der Waals surface area contributed by atoms with E-state index in [4.69, 9.17) is 34.8 Å². The molecule has 0 aliphatic carbocycles. The summed E-state index contributed by atoms with van der Waals surface area (Å²) in [6, 6.07) is 12.4. The van der Waals surface area contributed by atoms with Crippen molar-refractivity contribution in [2.24, 2.45) is 0 Å². The molecule has 0 fully saturated rings. The van der Waals surface area contributed by atoms with Crippen molar-refractivity contribution in [1.82, 2.24) is 0 Å². The van der Waals surface area contributed by atoms with E-state index in [0.717, 1.165) is 5.56 Å². The Hall–Kier alpha value is -1.26. The molecule has 0 aliphatic rings. The van der Waals surface area contributed by atoms with Gasteiger partial charge in [-0.1, -0.05) is 46.9 Å². The molecule has 2 aromatic rings. The summed E-state index contributed by atoms with van der Waals surface area (Å²) in [5, 5.41) is 6.43. The predicted molar refractivity (Wildman–Crippen MR) is 96.3 cm³/mol. The second kappa shape index (κ2) is 8.02. The second-order valence-corrected chi connectivity index (χ2v) is 6.72. The van der Waals surface area contributed by atoms with Crippen LogP contribution >= 0.6 is 34.8 Å². The minimum atomic E-state index is -0.282. The van der Waals surface area contributed by atoms with Crippen LogP contribution in [0.1, 0.15) is 25.5 Å². The molecule has 0 aromatic heterocycles. The maximum atomic E-state index is 12.3. The number of amides is 1. The second-order valence-electron chi connectivity index (χ2n) is 5.44. The van der Waals surface area contributed by atoms with Crippen LogP contribution in [-0.4, -0.2) is 11.9 Å². The van der Waals surface area contributed by atoms with E-state index < -0.39 is 0 Å². The molecule has 2 aromatic carbocycles. The molecule has 0 spiro atoms. The fourth-order valence-electron chi connectivity index (χ4n) is 2.26. The molecule has 23 heavy (non-hydrogen) atoms. The largest absolute Gasteiger partial charge is 0.330 e. The van der Waals surface area contributed by atoms with Gasteiger partial charge in [0.1, 0.15) is 6.04 Å². The van der Waals surface area contributed by atoms with Gasteiger partial charge in [0.05, 0.1) is 10.7 Å². The highest BCUT2D eigenvalue weighted by Gasteiger charge is 2.21. The SMILES string of the molecule is C[C@H]([NH2+][C@H](C)c1cccc(Cl)c1)C(=O)Nc1ccc(Cl)cc1Cl. The van der Waals surface area contributed by atoms with Crippen molar-refractivity contribution >= 4 is 46.4 Å². The maximum absolute atomic E-state index is 12.3. The molecule has 0 unspecified atom stereocenters. The normalized spacial score (nSPS) is 13.4. The molecular formula is C17H18Cl3N2O+. The van der Waals surface area contributed by atoms with Gasteiger partial charge in [0.25, 0.3) is 5.91 Å². The third kappa shape index (κ3) is 5.11. The molecule has 0 saturated heterocycles.